The quantitative estimate of drug-likeness (QED) is 0.152. The Morgan fingerprint density at radius 3 is 1.03 bits per heavy atom. The molecule has 388 valence electrons. The van der Waals surface area contributed by atoms with Gasteiger partial charge in [0.05, 0.1) is 11.3 Å². The Morgan fingerprint density at radius 1 is 0.413 bits per heavy atom. The number of carboxylic acids is 1. The minimum Gasteiger partial charge on any atom is -0.481 e. The van der Waals surface area contributed by atoms with Crippen LogP contribution in [0.25, 0.3) is 0 Å². The summed E-state index contributed by atoms with van der Waals surface area (Å²) < 4.78 is 0. The molecule has 0 aromatic heterocycles. The topological polar surface area (TPSA) is 210 Å². The zero-order valence-corrected chi connectivity index (χ0v) is 43.6. The number of aliphatic carboxylic acids is 1. The van der Waals surface area contributed by atoms with E-state index < -0.39 is 100 Å². The summed E-state index contributed by atoms with van der Waals surface area (Å²) in [5.74, 6) is -11.6. The first kappa shape index (κ1) is 48.0. The summed E-state index contributed by atoms with van der Waals surface area (Å²) in [4.78, 5) is 131. The van der Waals surface area contributed by atoms with Crippen molar-refractivity contribution < 1.29 is 48.3 Å². The zero-order valence-electron chi connectivity index (χ0n) is 42.9. The van der Waals surface area contributed by atoms with Crippen molar-refractivity contribution in [1.82, 2.24) is 0 Å². The summed E-state index contributed by atoms with van der Waals surface area (Å²) in [6.45, 7) is 8.72. The molecule has 14 aliphatic carbocycles. The normalized spacial score (nSPS) is 45.4. The summed E-state index contributed by atoms with van der Waals surface area (Å²) in [7, 11) is 0. The second-order valence-corrected chi connectivity index (χ2v) is 26.3. The van der Waals surface area contributed by atoms with Gasteiger partial charge in [0.1, 0.15) is 29.2 Å². The second kappa shape index (κ2) is 16.6. The highest BCUT2D eigenvalue weighted by Gasteiger charge is 2.62. The number of alkyl halides is 1. The maximum Gasteiger partial charge on any atom is 0.314 e. The highest BCUT2D eigenvalue weighted by molar-refractivity contribution is 6.25. The number of carbonyl (C=O) groups is 9. The van der Waals surface area contributed by atoms with Crippen LogP contribution in [-0.4, -0.2) is 68.8 Å². The number of hydrogen-bond donors (Lipinski definition) is 2. The van der Waals surface area contributed by atoms with Gasteiger partial charge >= 0.3 is 5.97 Å². The van der Waals surface area contributed by atoms with E-state index in [2.05, 4.69) is 32.8 Å². The Hall–Kier alpha value is -5.36. The molecule has 0 spiro atoms. The first-order chi connectivity index (χ1) is 35.9. The SMILES string of the molecule is CC1C2=C3CC4C(=O)C5CC6=C(CC5C(=O)C4C2)C(C2=C(CC4C(=O)C=CC(=O)C4C2)C6Cl)C(C)C(C)C(C)C2C4=C(CC5C(=O)C=CC(=O)C5C4)C(C(=O)O)C4=C2CC2C(=O)C5CC1=C(CC5C(=O)C2C4)C3N=N. The van der Waals surface area contributed by atoms with Gasteiger partial charge in [-0.05, 0) is 147 Å². The molecule has 2 N–H and O–H groups in total. The number of Topliss-reactive ketones (excluding diaryl/α,β-unsaturated/α-hetero) is 4. The highest BCUT2D eigenvalue weighted by atomic mass is 35.5. The van der Waals surface area contributed by atoms with Gasteiger partial charge in [-0.25, -0.2) is 5.53 Å². The van der Waals surface area contributed by atoms with Gasteiger partial charge in [-0.15, -0.1) is 11.6 Å². The fourth-order valence-electron chi connectivity index (χ4n) is 19.6. The van der Waals surface area contributed by atoms with Gasteiger partial charge in [0.15, 0.2) is 23.1 Å². The van der Waals surface area contributed by atoms with Gasteiger partial charge in [-0.2, -0.15) is 5.11 Å². The van der Waals surface area contributed by atoms with Gasteiger partial charge < -0.3 is 5.11 Å². The van der Waals surface area contributed by atoms with Crippen LogP contribution in [0.15, 0.2) is 96.3 Å². The molecule has 21 unspecified atom stereocenters. The first-order valence-electron chi connectivity index (χ1n) is 28.1. The van der Waals surface area contributed by atoms with E-state index in [0.717, 1.165) is 55.7 Å². The van der Waals surface area contributed by atoms with Gasteiger partial charge in [0.2, 0.25) is 0 Å². The van der Waals surface area contributed by atoms with Crippen LogP contribution in [0, 0.1) is 118 Å². The van der Waals surface area contributed by atoms with Crippen LogP contribution in [0.5, 0.6) is 0 Å². The lowest BCUT2D eigenvalue weighted by Gasteiger charge is -2.54. The lowest BCUT2D eigenvalue weighted by atomic mass is 9.48. The fourth-order valence-corrected chi connectivity index (χ4v) is 20.1. The minimum absolute atomic E-state index is 0.0124. The molecule has 3 fully saturated rings. The number of carboxylic acid groups (broad SMARTS) is 1. The van der Waals surface area contributed by atoms with E-state index in [9.17, 15) is 29.1 Å². The van der Waals surface area contributed by atoms with Crippen LogP contribution in [0.4, 0.5) is 0 Å². The molecule has 0 amide bonds. The maximum absolute atomic E-state index is 15.5. The number of fused-ring (bicyclic) bond motifs is 4. The van der Waals surface area contributed by atoms with Crippen molar-refractivity contribution in [2.24, 2.45) is 118 Å². The van der Waals surface area contributed by atoms with Crippen LogP contribution in [-0.2, 0) is 43.2 Å². The van der Waals surface area contributed by atoms with Crippen molar-refractivity contribution in [3.8, 4) is 0 Å². The van der Waals surface area contributed by atoms with E-state index in [1.165, 1.54) is 24.3 Å². The first-order valence-corrected chi connectivity index (χ1v) is 28.5. The van der Waals surface area contributed by atoms with E-state index in [4.69, 9.17) is 17.1 Å². The van der Waals surface area contributed by atoms with E-state index in [1.54, 1.807) is 0 Å². The Labute approximate surface area is 440 Å². The molecule has 13 heteroatoms. The lowest BCUT2D eigenvalue weighted by molar-refractivity contribution is -0.149. The van der Waals surface area contributed by atoms with Gasteiger partial charge in [0.25, 0.3) is 0 Å². The number of rotatable bonds is 2. The van der Waals surface area contributed by atoms with Crippen molar-refractivity contribution in [3.05, 3.63) is 91.2 Å². The molecule has 12 nitrogen and oxygen atoms in total. The number of nitrogens with one attached hydrogen (secondary N) is 1. The molecule has 0 heterocycles. The third-order valence-corrected chi connectivity index (χ3v) is 24.0. The molecule has 0 aromatic rings. The molecule has 8 bridgehead atoms. The van der Waals surface area contributed by atoms with Gasteiger partial charge in [0, 0.05) is 82.9 Å². The summed E-state index contributed by atoms with van der Waals surface area (Å²) in [6, 6.07) is -0.713. The monoisotopic (exact) mass is 1030 g/mol. The highest BCUT2D eigenvalue weighted by Crippen LogP contribution is 2.64. The standard InChI is InChI=1S/C62H63ClN2O10/c1-21-22(2)53-31-11-27-28(50(67)6-5-49(27)66)12-33(31)55(62(74)75)34-16-44-43(15-32(34)53)58(70)41-9-25-24(4)26-10-42-48(20-40(26)57(65-64)39(25)19-47(41)60(44)72)61(73)46-18-38-36(17-45(46)59(42)71)54(23(21)3)35-13-29-30(14-37(35)56(38)63)52(69)8-7-51(29)68/h5-8,21-24,27-30,41-48,53-57,64H,9-20H2,1-4H3,(H,74,75). The molecule has 0 saturated heterocycles. The van der Waals surface area contributed by atoms with E-state index in [-0.39, 0.29) is 108 Å². The van der Waals surface area contributed by atoms with Crippen LogP contribution < -0.4 is 0 Å². The largest absolute Gasteiger partial charge is 0.481 e. The van der Waals surface area contributed by atoms with Crippen molar-refractivity contribution >= 4 is 63.8 Å². The number of halogens is 1. The molecule has 0 aliphatic heterocycles. The van der Waals surface area contributed by atoms with E-state index in [0.29, 0.717) is 56.1 Å². The fraction of sp³-hybridized carbons (Fsp3) is 0.597. The van der Waals surface area contributed by atoms with Crippen molar-refractivity contribution in [2.75, 3.05) is 0 Å². The van der Waals surface area contributed by atoms with E-state index >= 15 is 19.2 Å². The van der Waals surface area contributed by atoms with Crippen LogP contribution in [0.3, 0.4) is 0 Å². The number of ketones is 8. The number of hydrogen-bond acceptors (Lipinski definition) is 11. The van der Waals surface area contributed by atoms with E-state index in [1.807, 2.05) is 0 Å². The molecular weight excluding hydrogens is 968 g/mol. The molecule has 3 saturated carbocycles. The molecule has 75 heavy (non-hydrogen) atoms. The molecule has 14 rings (SSSR count). The molecule has 14 aliphatic rings. The average molecular weight is 1030 g/mol. The summed E-state index contributed by atoms with van der Waals surface area (Å²) >= 11 is 7.76. The predicted octanol–water partition coefficient (Wildman–Crippen LogP) is 9.18. The Morgan fingerprint density at radius 2 is 0.680 bits per heavy atom. The van der Waals surface area contributed by atoms with Crippen LogP contribution in [0.2, 0.25) is 0 Å². The number of carbonyl (C=O) groups excluding carboxylic acids is 8. The summed E-state index contributed by atoms with van der Waals surface area (Å²) in [6.07, 6.45) is 8.72. The minimum atomic E-state index is -1.12. The van der Waals surface area contributed by atoms with Crippen LogP contribution >= 0.6 is 11.6 Å². The molecule has 0 radical (unpaired) electrons. The number of allylic oxidation sites excluding steroid dienone is 12. The molecular formula is C62H63ClN2O10. The third-order valence-electron chi connectivity index (χ3n) is 23.5. The Bertz CT molecular complexity index is 3170. The lowest BCUT2D eigenvalue weighted by Crippen LogP contribution is -2.54. The third kappa shape index (κ3) is 6.38. The molecule has 0 aromatic carbocycles. The maximum atomic E-state index is 15.5. The van der Waals surface area contributed by atoms with Gasteiger partial charge in [-0.1, -0.05) is 72.3 Å². The van der Waals surface area contributed by atoms with Crippen molar-refractivity contribution in [1.29, 1.82) is 5.53 Å². The van der Waals surface area contributed by atoms with Crippen LogP contribution in [0.1, 0.15) is 105 Å². The zero-order chi connectivity index (χ0) is 52.3. The second-order valence-electron chi connectivity index (χ2n) is 25.8. The van der Waals surface area contributed by atoms with Crippen molar-refractivity contribution in [3.63, 3.8) is 0 Å². The van der Waals surface area contributed by atoms with Gasteiger partial charge in [-0.3, -0.25) is 43.2 Å². The Balaban J connectivity index is 0.968. The number of nitrogens with zero attached hydrogens (tertiary/aromatic N) is 1. The summed E-state index contributed by atoms with van der Waals surface area (Å²) in [5.41, 5.74) is 19.5. The average Bonchev–Trinajstić information content (AvgIpc) is 3.40. The Kier molecular flexibility index (Phi) is 10.6. The molecule has 21 atom stereocenters. The predicted molar refractivity (Wildman–Crippen MR) is 271 cm³/mol. The smallest absolute Gasteiger partial charge is 0.314 e. The van der Waals surface area contributed by atoms with Crippen molar-refractivity contribution in [2.45, 2.75) is 116 Å². The summed E-state index contributed by atoms with van der Waals surface area (Å²) in [5, 5.41) is 15.1.